The van der Waals surface area contributed by atoms with Crippen molar-refractivity contribution < 1.29 is 0 Å². The van der Waals surface area contributed by atoms with E-state index in [0.717, 1.165) is 35.6 Å². The summed E-state index contributed by atoms with van der Waals surface area (Å²) in [4.78, 5) is 0.901. The van der Waals surface area contributed by atoms with Crippen molar-refractivity contribution in [3.05, 3.63) is 53.1 Å². The fourth-order valence-electron chi connectivity index (χ4n) is 2.35. The second-order valence-corrected chi connectivity index (χ2v) is 6.66. The van der Waals surface area contributed by atoms with Gasteiger partial charge in [0, 0.05) is 4.90 Å². The Morgan fingerprint density at radius 1 is 1.30 bits per heavy atom. The summed E-state index contributed by atoms with van der Waals surface area (Å²) < 4.78 is 0. The number of allylic oxidation sites excluding steroid dienone is 2. The monoisotopic (exact) mass is 308 g/mol. The summed E-state index contributed by atoms with van der Waals surface area (Å²) in [6.45, 7) is 12.5. The van der Waals surface area contributed by atoms with E-state index in [0.29, 0.717) is 5.92 Å². The lowest BCUT2D eigenvalue weighted by Crippen LogP contribution is -1.97. The zero-order valence-electron chi connectivity index (χ0n) is 12.6. The van der Waals surface area contributed by atoms with Crippen molar-refractivity contribution in [2.24, 2.45) is 5.92 Å². The molecule has 1 aromatic rings. The molecular weight excluding hydrogens is 284 g/mol. The summed E-state index contributed by atoms with van der Waals surface area (Å²) in [6.07, 6.45) is 5.37. The number of benzene rings is 1. The van der Waals surface area contributed by atoms with Gasteiger partial charge in [0.15, 0.2) is 0 Å². The Morgan fingerprint density at radius 2 is 2.00 bits per heavy atom. The molecule has 0 aromatic heterocycles. The molecule has 20 heavy (non-hydrogen) atoms. The van der Waals surface area contributed by atoms with E-state index in [2.05, 4.69) is 45.7 Å². The van der Waals surface area contributed by atoms with Crippen LogP contribution in [-0.2, 0) is 6.42 Å². The molecule has 0 nitrogen and oxygen atoms in total. The van der Waals surface area contributed by atoms with E-state index < -0.39 is 0 Å². The fraction of sp³-hybridized carbons (Fsp3) is 0.444. The summed E-state index contributed by atoms with van der Waals surface area (Å²) >= 11 is 10.5. The smallest absolute Gasteiger partial charge is 0.0542 e. The first kappa shape index (κ1) is 17.4. The van der Waals surface area contributed by atoms with Crippen molar-refractivity contribution >= 4 is 24.2 Å². The zero-order chi connectivity index (χ0) is 15.1. The second kappa shape index (κ2) is 8.59. The first-order chi connectivity index (χ1) is 9.40. The summed E-state index contributed by atoms with van der Waals surface area (Å²) in [5.41, 5.74) is 3.78. The molecule has 0 saturated heterocycles. The van der Waals surface area contributed by atoms with Gasteiger partial charge < -0.3 is 0 Å². The minimum Gasteiger partial charge on any atom is -0.142 e. The molecule has 0 N–H and O–H groups in total. The summed E-state index contributed by atoms with van der Waals surface area (Å²) in [5.74, 6) is 0.691. The Hall–Kier alpha value is -0.660. The number of halogens is 1. The lowest BCUT2D eigenvalue weighted by molar-refractivity contribution is 0.523. The summed E-state index contributed by atoms with van der Waals surface area (Å²) in [5, 5.41) is 0.728. The highest BCUT2D eigenvalue weighted by Crippen LogP contribution is 2.26. The van der Waals surface area contributed by atoms with Crippen LogP contribution in [0.3, 0.4) is 0 Å². The molecule has 0 aliphatic rings. The molecule has 2 heteroatoms. The first-order valence-corrected chi connectivity index (χ1v) is 8.00. The van der Waals surface area contributed by atoms with Gasteiger partial charge in [0.2, 0.25) is 0 Å². The Labute approximate surface area is 134 Å². The van der Waals surface area contributed by atoms with Crippen molar-refractivity contribution in [2.75, 3.05) is 0 Å². The lowest BCUT2D eigenvalue weighted by atomic mass is 9.94. The molecule has 1 aromatic carbocycles. The predicted molar refractivity (Wildman–Crippen MR) is 94.0 cm³/mol. The second-order valence-electron chi connectivity index (χ2n) is 5.80. The molecule has 0 radical (unpaired) electrons. The lowest BCUT2D eigenvalue weighted by Gasteiger charge is -2.13. The van der Waals surface area contributed by atoms with Crippen LogP contribution < -0.4 is 0 Å². The van der Waals surface area contributed by atoms with Crippen molar-refractivity contribution in [1.82, 2.24) is 0 Å². The van der Waals surface area contributed by atoms with Crippen LogP contribution in [-0.4, -0.2) is 0 Å². The van der Waals surface area contributed by atoms with Crippen molar-refractivity contribution in [3.8, 4) is 0 Å². The zero-order valence-corrected chi connectivity index (χ0v) is 14.2. The molecule has 1 unspecified atom stereocenters. The Balaban J connectivity index is 2.36. The third kappa shape index (κ3) is 6.19. The van der Waals surface area contributed by atoms with Crippen LogP contribution in [0.2, 0.25) is 5.02 Å². The number of aryl methyl sites for hydroxylation is 1. The third-order valence-electron chi connectivity index (χ3n) is 3.51. The van der Waals surface area contributed by atoms with Crippen molar-refractivity contribution in [2.45, 2.75) is 50.8 Å². The van der Waals surface area contributed by atoms with Crippen LogP contribution in [0.5, 0.6) is 0 Å². The topological polar surface area (TPSA) is 0 Å². The SMILES string of the molecule is C=C(C)CC(C)CCC(=C)CCc1cccc(Cl)c1S. The highest BCUT2D eigenvalue weighted by Gasteiger charge is 2.06. The highest BCUT2D eigenvalue weighted by molar-refractivity contribution is 7.80. The standard InChI is InChI=1S/C18H25ClS/c1-13(2)12-15(4)9-8-14(3)10-11-16-6-5-7-17(19)18(16)20/h5-7,15,20H,1,3,8-12H2,2,4H3. The van der Waals surface area contributed by atoms with E-state index in [1.54, 1.807) is 0 Å². The predicted octanol–water partition coefficient (Wildman–Crippen LogP) is 6.50. The number of hydrogen-bond donors (Lipinski definition) is 1. The first-order valence-electron chi connectivity index (χ1n) is 7.17. The maximum absolute atomic E-state index is 6.07. The number of rotatable bonds is 8. The number of hydrogen-bond acceptors (Lipinski definition) is 1. The summed E-state index contributed by atoms with van der Waals surface area (Å²) in [6, 6.07) is 5.95. The quantitative estimate of drug-likeness (QED) is 0.411. The molecule has 0 bridgehead atoms. The summed E-state index contributed by atoms with van der Waals surface area (Å²) in [7, 11) is 0. The Kier molecular flexibility index (Phi) is 7.47. The van der Waals surface area contributed by atoms with E-state index >= 15 is 0 Å². The van der Waals surface area contributed by atoms with E-state index in [1.807, 2.05) is 12.1 Å². The number of thiol groups is 1. The van der Waals surface area contributed by atoms with E-state index in [-0.39, 0.29) is 0 Å². The van der Waals surface area contributed by atoms with Crippen LogP contribution >= 0.6 is 24.2 Å². The Morgan fingerprint density at radius 3 is 2.65 bits per heavy atom. The molecule has 0 saturated carbocycles. The van der Waals surface area contributed by atoms with Gasteiger partial charge in [-0.2, -0.15) is 0 Å². The average Bonchev–Trinajstić information content (AvgIpc) is 2.37. The van der Waals surface area contributed by atoms with Gasteiger partial charge >= 0.3 is 0 Å². The molecule has 110 valence electrons. The maximum Gasteiger partial charge on any atom is 0.0542 e. The van der Waals surface area contributed by atoms with Crippen LogP contribution in [0.25, 0.3) is 0 Å². The largest absolute Gasteiger partial charge is 0.142 e. The Bertz CT molecular complexity index is 476. The highest BCUT2D eigenvalue weighted by atomic mass is 35.5. The van der Waals surface area contributed by atoms with Gasteiger partial charge in [0.1, 0.15) is 0 Å². The molecule has 0 aliphatic heterocycles. The minimum atomic E-state index is 0.691. The van der Waals surface area contributed by atoms with Gasteiger partial charge in [0.05, 0.1) is 5.02 Å². The molecule has 0 spiro atoms. The van der Waals surface area contributed by atoms with Crippen molar-refractivity contribution in [1.29, 1.82) is 0 Å². The molecule has 1 rings (SSSR count). The van der Waals surface area contributed by atoms with Crippen LogP contribution in [0.15, 0.2) is 47.4 Å². The molecule has 0 heterocycles. The molecule has 0 amide bonds. The molecule has 1 atom stereocenters. The van der Waals surface area contributed by atoms with Crippen molar-refractivity contribution in [3.63, 3.8) is 0 Å². The van der Waals surface area contributed by atoms with Gasteiger partial charge in [-0.1, -0.05) is 48.4 Å². The van der Waals surface area contributed by atoms with Crippen LogP contribution in [0.4, 0.5) is 0 Å². The maximum atomic E-state index is 6.07. The van der Waals surface area contributed by atoms with E-state index in [4.69, 9.17) is 11.6 Å². The molecular formula is C18H25ClS. The van der Waals surface area contributed by atoms with E-state index in [9.17, 15) is 0 Å². The van der Waals surface area contributed by atoms with Gasteiger partial charge in [-0.25, -0.2) is 0 Å². The van der Waals surface area contributed by atoms with Gasteiger partial charge in [-0.15, -0.1) is 19.2 Å². The van der Waals surface area contributed by atoms with Gasteiger partial charge in [-0.05, 0) is 56.6 Å². The van der Waals surface area contributed by atoms with E-state index in [1.165, 1.54) is 23.1 Å². The molecule has 0 aliphatic carbocycles. The fourth-order valence-corrected chi connectivity index (χ4v) is 2.80. The van der Waals surface area contributed by atoms with Gasteiger partial charge in [0.25, 0.3) is 0 Å². The molecule has 0 fully saturated rings. The normalized spacial score (nSPS) is 12.2. The third-order valence-corrected chi connectivity index (χ3v) is 4.48. The average molecular weight is 309 g/mol. The van der Waals surface area contributed by atoms with Crippen LogP contribution in [0.1, 0.15) is 45.1 Å². The van der Waals surface area contributed by atoms with Crippen LogP contribution in [0, 0.1) is 5.92 Å². The van der Waals surface area contributed by atoms with Gasteiger partial charge in [-0.3, -0.25) is 0 Å². The minimum absolute atomic E-state index is 0.691.